The molecule has 0 spiro atoms. The van der Waals surface area contributed by atoms with E-state index in [0.717, 1.165) is 4.90 Å². The predicted octanol–water partition coefficient (Wildman–Crippen LogP) is 1.22. The van der Waals surface area contributed by atoms with Crippen LogP contribution in [-0.2, 0) is 14.3 Å². The van der Waals surface area contributed by atoms with E-state index in [1.54, 1.807) is 0 Å². The van der Waals surface area contributed by atoms with E-state index in [1.807, 2.05) is 0 Å². The smallest absolute Gasteiger partial charge is 0.508 e. The van der Waals surface area contributed by atoms with E-state index in [4.69, 9.17) is 9.84 Å². The van der Waals surface area contributed by atoms with Crippen LogP contribution in [0.2, 0.25) is 0 Å². The van der Waals surface area contributed by atoms with Crippen LogP contribution < -0.4 is 5.32 Å². The van der Waals surface area contributed by atoms with Gasteiger partial charge in [-0.1, -0.05) is 0 Å². The van der Waals surface area contributed by atoms with Gasteiger partial charge in [-0.2, -0.15) is 0 Å². The molecule has 3 heterocycles. The largest absolute Gasteiger partial charge is 0.512 e. The summed E-state index contributed by atoms with van der Waals surface area (Å²) in [5, 5.41) is 30.1. The molecule has 0 bridgehead atoms. The third-order valence-corrected chi connectivity index (χ3v) is 5.39. The summed E-state index contributed by atoms with van der Waals surface area (Å²) < 4.78 is 4.74. The Morgan fingerprint density at radius 1 is 1.17 bits per heavy atom. The zero-order chi connectivity index (χ0) is 20.9. The normalized spacial score (nSPS) is 24.7. The van der Waals surface area contributed by atoms with Gasteiger partial charge >= 0.3 is 18.2 Å². The highest BCUT2D eigenvalue weighted by Gasteiger charge is 2.64. The number of urea groups is 1. The molecule has 152 valence electrons. The van der Waals surface area contributed by atoms with Gasteiger partial charge in [-0.25, -0.2) is 9.59 Å². The van der Waals surface area contributed by atoms with Crippen LogP contribution in [0, 0.1) is 5.92 Å². The second-order valence-corrected chi connectivity index (χ2v) is 6.98. The Labute approximate surface area is 163 Å². The van der Waals surface area contributed by atoms with Gasteiger partial charge in [-0.15, -0.1) is 0 Å². The van der Waals surface area contributed by atoms with Gasteiger partial charge in [-0.05, 0) is 30.7 Å². The van der Waals surface area contributed by atoms with E-state index >= 15 is 0 Å². The molecule has 0 radical (unpaired) electrons. The maximum atomic E-state index is 12.7. The fraction of sp³-hybridized carbons (Fsp3) is 0.333. The first-order valence-corrected chi connectivity index (χ1v) is 8.83. The number of aromatic hydroxyl groups is 1. The Hall–Kier alpha value is -3.76. The van der Waals surface area contributed by atoms with Gasteiger partial charge in [0.15, 0.2) is 0 Å². The van der Waals surface area contributed by atoms with E-state index < -0.39 is 42.6 Å². The van der Waals surface area contributed by atoms with Crippen molar-refractivity contribution in [2.24, 2.45) is 5.92 Å². The number of anilines is 1. The second-order valence-electron chi connectivity index (χ2n) is 6.98. The molecule has 2 fully saturated rings. The maximum absolute atomic E-state index is 12.7. The molecular weight excluding hydrogens is 386 g/mol. The van der Waals surface area contributed by atoms with Gasteiger partial charge < -0.3 is 30.3 Å². The van der Waals surface area contributed by atoms with Crippen molar-refractivity contribution in [2.45, 2.75) is 24.9 Å². The molecule has 4 rings (SSSR count). The lowest BCUT2D eigenvalue weighted by Gasteiger charge is -2.52. The predicted molar refractivity (Wildman–Crippen MR) is 94.7 cm³/mol. The molecule has 0 saturated carbocycles. The number of aliphatic carboxylic acids is 1. The molecule has 1 aromatic rings. The highest BCUT2D eigenvalue weighted by Crippen LogP contribution is 2.50. The molecule has 4 N–H and O–H groups in total. The molecule has 11 heteroatoms. The number of carbonyl (C=O) groups is 4. The standard InChI is InChI=1S/C18H17N3O8/c22-9-3-1-8(2-4-9)19-17(26)20-6-5-10-11(7-12(23)24)16(29-18(27)28)21-13(10)14(20)15(21)25/h1-4,10,13-14,22H,5-7H2,(H,19,26)(H,23,24)(H,27,28)/t10?,13-,14+/m1/s1. The first-order chi connectivity index (χ1) is 13.8. The lowest BCUT2D eigenvalue weighted by atomic mass is 9.77. The molecule has 0 aromatic heterocycles. The van der Waals surface area contributed by atoms with Crippen molar-refractivity contribution in [2.75, 3.05) is 11.9 Å². The number of carbonyl (C=O) groups excluding carboxylic acids is 2. The van der Waals surface area contributed by atoms with Crippen LogP contribution in [0.3, 0.4) is 0 Å². The summed E-state index contributed by atoms with van der Waals surface area (Å²) in [6, 6.07) is 3.94. The number of hydrogen-bond acceptors (Lipinski definition) is 6. The van der Waals surface area contributed by atoms with Crippen molar-refractivity contribution in [3.05, 3.63) is 35.7 Å². The number of carboxylic acid groups (broad SMARTS) is 2. The maximum Gasteiger partial charge on any atom is 0.512 e. The number of rotatable bonds is 4. The Balaban J connectivity index is 1.56. The summed E-state index contributed by atoms with van der Waals surface area (Å²) >= 11 is 0. The first kappa shape index (κ1) is 18.6. The summed E-state index contributed by atoms with van der Waals surface area (Å²) in [6.45, 7) is 0.193. The number of hydrogen-bond donors (Lipinski definition) is 4. The average molecular weight is 403 g/mol. The third-order valence-electron chi connectivity index (χ3n) is 5.39. The number of carboxylic acids is 1. The van der Waals surface area contributed by atoms with Crippen LogP contribution in [0.15, 0.2) is 35.7 Å². The molecule has 3 atom stereocenters. The monoisotopic (exact) mass is 403 g/mol. The SMILES string of the molecule is O=C(O)CC1=C(OC(=O)O)N2C(=O)[C@@H]3[C@H]2C1CCN3C(=O)Nc1ccc(O)cc1. The number of benzene rings is 1. The third kappa shape index (κ3) is 3.00. The molecule has 0 aliphatic carbocycles. The van der Waals surface area contributed by atoms with Gasteiger partial charge in [-0.3, -0.25) is 14.5 Å². The number of phenols is 1. The second kappa shape index (κ2) is 6.69. The first-order valence-electron chi connectivity index (χ1n) is 8.83. The number of nitrogens with zero attached hydrogens (tertiary/aromatic N) is 2. The van der Waals surface area contributed by atoms with E-state index in [0.29, 0.717) is 12.1 Å². The van der Waals surface area contributed by atoms with Gasteiger partial charge in [0.1, 0.15) is 11.8 Å². The van der Waals surface area contributed by atoms with Crippen molar-refractivity contribution in [3.63, 3.8) is 0 Å². The van der Waals surface area contributed by atoms with Gasteiger partial charge in [0.2, 0.25) is 5.88 Å². The van der Waals surface area contributed by atoms with E-state index in [2.05, 4.69) is 5.32 Å². The minimum absolute atomic E-state index is 0.0441. The number of piperidine rings is 1. The van der Waals surface area contributed by atoms with Crippen molar-refractivity contribution >= 4 is 29.8 Å². The quantitative estimate of drug-likeness (QED) is 0.332. The zero-order valence-electron chi connectivity index (χ0n) is 14.9. The van der Waals surface area contributed by atoms with Crippen LogP contribution in [0.1, 0.15) is 12.8 Å². The number of ether oxygens (including phenoxy) is 1. The molecule has 29 heavy (non-hydrogen) atoms. The van der Waals surface area contributed by atoms with Crippen LogP contribution >= 0.6 is 0 Å². The lowest BCUT2D eigenvalue weighted by molar-refractivity contribution is -0.160. The lowest BCUT2D eigenvalue weighted by Crippen LogP contribution is -2.73. The minimum atomic E-state index is -1.64. The average Bonchev–Trinajstić information content (AvgIpc) is 2.93. The number of phenolic OH excluding ortho intramolecular Hbond substituents is 1. The van der Waals surface area contributed by atoms with E-state index in [1.165, 1.54) is 29.2 Å². The Morgan fingerprint density at radius 2 is 1.86 bits per heavy atom. The molecule has 1 unspecified atom stereocenters. The molecule has 11 nitrogen and oxygen atoms in total. The summed E-state index contributed by atoms with van der Waals surface area (Å²) in [5.74, 6) is -2.27. The zero-order valence-corrected chi connectivity index (χ0v) is 14.9. The van der Waals surface area contributed by atoms with Crippen LogP contribution in [0.5, 0.6) is 5.75 Å². The Morgan fingerprint density at radius 3 is 2.48 bits per heavy atom. The molecule has 3 aliphatic rings. The topological polar surface area (TPSA) is 157 Å². The van der Waals surface area contributed by atoms with Crippen LogP contribution in [-0.4, -0.2) is 67.8 Å². The van der Waals surface area contributed by atoms with Crippen molar-refractivity contribution in [1.29, 1.82) is 0 Å². The van der Waals surface area contributed by atoms with Crippen molar-refractivity contribution < 1.29 is 39.2 Å². The number of nitrogens with one attached hydrogen (secondary N) is 1. The summed E-state index contributed by atoms with van der Waals surface area (Å²) in [7, 11) is 0. The summed E-state index contributed by atoms with van der Waals surface area (Å²) in [4.78, 5) is 50.1. The van der Waals surface area contributed by atoms with Crippen LogP contribution in [0.4, 0.5) is 15.3 Å². The van der Waals surface area contributed by atoms with Gasteiger partial charge in [0.25, 0.3) is 5.91 Å². The summed E-state index contributed by atoms with van der Waals surface area (Å²) in [6.07, 6.45) is -1.72. The minimum Gasteiger partial charge on any atom is -0.508 e. The number of amides is 3. The van der Waals surface area contributed by atoms with Gasteiger partial charge in [0.05, 0.1) is 12.5 Å². The fourth-order valence-electron chi connectivity index (χ4n) is 4.26. The number of β-lactam (4-membered cyclic amide) rings is 1. The molecule has 3 amide bonds. The molecule has 2 saturated heterocycles. The van der Waals surface area contributed by atoms with Crippen molar-refractivity contribution in [3.8, 4) is 5.75 Å². The number of likely N-dealkylation sites (tertiary alicyclic amines) is 1. The molecule has 3 aliphatic heterocycles. The molecular formula is C18H17N3O8. The summed E-state index contributed by atoms with van der Waals surface area (Å²) in [5.41, 5.74) is 0.684. The van der Waals surface area contributed by atoms with Crippen LogP contribution in [0.25, 0.3) is 0 Å². The van der Waals surface area contributed by atoms with E-state index in [9.17, 15) is 29.4 Å². The fourth-order valence-corrected chi connectivity index (χ4v) is 4.26. The van der Waals surface area contributed by atoms with Crippen molar-refractivity contribution in [1.82, 2.24) is 9.80 Å². The highest BCUT2D eigenvalue weighted by atomic mass is 16.7. The van der Waals surface area contributed by atoms with Gasteiger partial charge in [0, 0.05) is 23.7 Å². The Kier molecular flexibility index (Phi) is 4.29. The highest BCUT2D eigenvalue weighted by molar-refractivity contribution is 5.99. The van der Waals surface area contributed by atoms with E-state index in [-0.39, 0.29) is 29.7 Å². The Bertz CT molecular complexity index is 941. The molecule has 1 aromatic carbocycles.